The van der Waals surface area contributed by atoms with Gasteiger partial charge in [0.05, 0.1) is 6.54 Å². The van der Waals surface area contributed by atoms with Crippen LogP contribution in [0.1, 0.15) is 23.1 Å². The maximum Gasteiger partial charge on any atom is 0.328 e. The number of aliphatic carboxylic acids is 2. The molecule has 36 heavy (non-hydrogen) atoms. The van der Waals surface area contributed by atoms with Crippen LogP contribution >= 0.6 is 0 Å². The molecule has 1 aromatic heterocycles. The van der Waals surface area contributed by atoms with Gasteiger partial charge in [0, 0.05) is 29.3 Å². The van der Waals surface area contributed by atoms with Crippen molar-refractivity contribution < 1.29 is 29.4 Å². The SMILES string of the molecule is NCCc1c[nH]c2ccc(CCC3NC(=O)N(Cc4ccccc4)C3=O)cc12.O=C(O)/C=C\C(=O)O. The summed E-state index contributed by atoms with van der Waals surface area (Å²) in [7, 11) is 0. The van der Waals surface area contributed by atoms with Crippen molar-refractivity contribution in [1.29, 1.82) is 0 Å². The number of aryl methyl sites for hydroxylation is 1. The molecule has 1 saturated heterocycles. The minimum atomic E-state index is -1.26. The van der Waals surface area contributed by atoms with Crippen LogP contribution in [0.4, 0.5) is 4.79 Å². The van der Waals surface area contributed by atoms with Crippen LogP contribution in [0.5, 0.6) is 0 Å². The molecule has 6 N–H and O–H groups in total. The lowest BCUT2D eigenvalue weighted by atomic mass is 10.0. The van der Waals surface area contributed by atoms with Gasteiger partial charge in [0.25, 0.3) is 5.91 Å². The summed E-state index contributed by atoms with van der Waals surface area (Å²) in [5, 5.41) is 19.6. The van der Waals surface area contributed by atoms with Gasteiger partial charge in [0.2, 0.25) is 0 Å². The van der Waals surface area contributed by atoms with Gasteiger partial charge in [-0.2, -0.15) is 0 Å². The first-order valence-electron chi connectivity index (χ1n) is 11.4. The molecule has 10 nitrogen and oxygen atoms in total. The number of nitrogens with zero attached hydrogens (tertiary/aromatic N) is 1. The molecule has 3 amide bonds. The summed E-state index contributed by atoms with van der Waals surface area (Å²) in [6.45, 7) is 0.913. The summed E-state index contributed by atoms with van der Waals surface area (Å²) in [5.74, 6) is -2.67. The molecule has 4 rings (SSSR count). The van der Waals surface area contributed by atoms with E-state index in [1.54, 1.807) is 0 Å². The second-order valence-corrected chi connectivity index (χ2v) is 8.19. The maximum atomic E-state index is 12.7. The fraction of sp³-hybridized carbons (Fsp3) is 0.231. The van der Waals surface area contributed by atoms with Gasteiger partial charge in [0.1, 0.15) is 6.04 Å². The highest BCUT2D eigenvalue weighted by Crippen LogP contribution is 2.22. The third-order valence-corrected chi connectivity index (χ3v) is 5.63. The van der Waals surface area contributed by atoms with Crippen molar-refractivity contribution in [2.75, 3.05) is 6.54 Å². The number of carbonyl (C=O) groups is 4. The monoisotopic (exact) mass is 492 g/mol. The Labute approximate surface area is 207 Å². The first-order chi connectivity index (χ1) is 17.3. The Kier molecular flexibility index (Phi) is 8.95. The van der Waals surface area contributed by atoms with Crippen LogP contribution in [0.25, 0.3) is 10.9 Å². The Hall–Kier alpha value is -4.44. The Morgan fingerprint density at radius 3 is 2.31 bits per heavy atom. The van der Waals surface area contributed by atoms with E-state index in [1.807, 2.05) is 36.5 Å². The van der Waals surface area contributed by atoms with Crippen molar-refractivity contribution in [2.45, 2.75) is 31.8 Å². The highest BCUT2D eigenvalue weighted by atomic mass is 16.4. The van der Waals surface area contributed by atoms with E-state index in [0.29, 0.717) is 31.7 Å². The fourth-order valence-electron chi connectivity index (χ4n) is 3.89. The predicted octanol–water partition coefficient (Wildman–Crippen LogP) is 2.43. The van der Waals surface area contributed by atoms with Crippen molar-refractivity contribution in [3.05, 3.63) is 83.6 Å². The second-order valence-electron chi connectivity index (χ2n) is 8.19. The molecule has 0 spiro atoms. The van der Waals surface area contributed by atoms with Gasteiger partial charge in [-0.05, 0) is 54.6 Å². The summed E-state index contributed by atoms with van der Waals surface area (Å²) < 4.78 is 0. The van der Waals surface area contributed by atoms with Crippen molar-refractivity contribution in [3.63, 3.8) is 0 Å². The van der Waals surface area contributed by atoms with E-state index in [0.717, 1.165) is 29.5 Å². The van der Waals surface area contributed by atoms with Gasteiger partial charge >= 0.3 is 18.0 Å². The van der Waals surface area contributed by atoms with Crippen molar-refractivity contribution >= 4 is 34.8 Å². The van der Waals surface area contributed by atoms with E-state index in [9.17, 15) is 19.2 Å². The number of imide groups is 1. The zero-order valence-corrected chi connectivity index (χ0v) is 19.5. The molecule has 0 bridgehead atoms. The molecule has 0 radical (unpaired) electrons. The molecule has 3 aromatic rings. The zero-order chi connectivity index (χ0) is 26.1. The fourth-order valence-corrected chi connectivity index (χ4v) is 3.89. The number of urea groups is 1. The summed E-state index contributed by atoms with van der Waals surface area (Å²) in [5.41, 5.74) is 10.1. The van der Waals surface area contributed by atoms with E-state index in [1.165, 1.54) is 15.8 Å². The number of hydrogen-bond donors (Lipinski definition) is 5. The third kappa shape index (κ3) is 7.03. The van der Waals surface area contributed by atoms with Gasteiger partial charge in [-0.15, -0.1) is 0 Å². The molecule has 1 atom stereocenters. The second kappa shape index (κ2) is 12.3. The number of H-pyrrole nitrogens is 1. The smallest absolute Gasteiger partial charge is 0.328 e. The molecule has 2 aromatic carbocycles. The number of nitrogens with one attached hydrogen (secondary N) is 2. The number of rotatable bonds is 9. The molecular weight excluding hydrogens is 464 g/mol. The molecule has 1 aliphatic heterocycles. The highest BCUT2D eigenvalue weighted by molar-refractivity contribution is 6.04. The number of nitrogens with two attached hydrogens (primary N) is 1. The van der Waals surface area contributed by atoms with Crippen LogP contribution in [0, 0.1) is 0 Å². The number of carboxylic acids is 2. The Morgan fingerprint density at radius 2 is 1.67 bits per heavy atom. The molecule has 0 saturated carbocycles. The lowest BCUT2D eigenvalue weighted by molar-refractivity contribution is -0.134. The predicted molar refractivity (Wildman–Crippen MR) is 133 cm³/mol. The van der Waals surface area contributed by atoms with Gasteiger partial charge in [0.15, 0.2) is 0 Å². The lowest BCUT2D eigenvalue weighted by Gasteiger charge is -2.13. The molecule has 1 aliphatic rings. The molecule has 1 unspecified atom stereocenters. The van der Waals surface area contributed by atoms with Crippen LogP contribution in [0.2, 0.25) is 0 Å². The minimum absolute atomic E-state index is 0.152. The quantitative estimate of drug-likeness (QED) is 0.226. The first kappa shape index (κ1) is 26.2. The zero-order valence-electron chi connectivity index (χ0n) is 19.5. The topological polar surface area (TPSA) is 166 Å². The highest BCUT2D eigenvalue weighted by Gasteiger charge is 2.37. The number of amides is 3. The molecule has 10 heteroatoms. The standard InChI is InChI=1S/C22H24N4O2.C4H4O4/c23-11-10-17-13-24-19-8-6-15(12-18(17)19)7-9-20-21(27)26(22(28)25-20)14-16-4-2-1-3-5-16;5-3(6)1-2-4(7)8/h1-6,8,12-13,20,24H,7,9-11,14,23H2,(H,25,28);1-2H,(H,5,6)(H,7,8)/b;2-1-. The summed E-state index contributed by atoms with van der Waals surface area (Å²) in [6, 6.07) is 15.0. The van der Waals surface area contributed by atoms with Gasteiger partial charge in [-0.3, -0.25) is 9.69 Å². The van der Waals surface area contributed by atoms with Crippen molar-refractivity contribution in [1.82, 2.24) is 15.2 Å². The molecule has 188 valence electrons. The number of aromatic nitrogens is 1. The van der Waals surface area contributed by atoms with E-state index in [-0.39, 0.29) is 11.9 Å². The average Bonchev–Trinajstić information content (AvgIpc) is 3.38. The van der Waals surface area contributed by atoms with E-state index < -0.39 is 18.0 Å². The molecule has 2 heterocycles. The lowest BCUT2D eigenvalue weighted by Crippen LogP contribution is -2.31. The first-order valence-corrected chi connectivity index (χ1v) is 11.4. The van der Waals surface area contributed by atoms with Gasteiger partial charge in [-0.25, -0.2) is 14.4 Å². The van der Waals surface area contributed by atoms with Gasteiger partial charge in [-0.1, -0.05) is 36.4 Å². The Bertz CT molecular complexity index is 1250. The number of aromatic amines is 1. The Balaban J connectivity index is 0.000000392. The van der Waals surface area contributed by atoms with E-state index in [4.69, 9.17) is 15.9 Å². The normalized spacial score (nSPS) is 15.1. The van der Waals surface area contributed by atoms with Gasteiger partial charge < -0.3 is 26.2 Å². The summed E-state index contributed by atoms with van der Waals surface area (Å²) >= 11 is 0. The average molecular weight is 493 g/mol. The minimum Gasteiger partial charge on any atom is -0.478 e. The third-order valence-electron chi connectivity index (χ3n) is 5.63. The number of carbonyl (C=O) groups excluding carboxylic acids is 2. The summed E-state index contributed by atoms with van der Waals surface area (Å²) in [4.78, 5) is 48.6. The van der Waals surface area contributed by atoms with Crippen LogP contribution < -0.4 is 11.1 Å². The van der Waals surface area contributed by atoms with E-state index in [2.05, 4.69) is 28.5 Å². The van der Waals surface area contributed by atoms with Crippen LogP contribution in [0.3, 0.4) is 0 Å². The number of fused-ring (bicyclic) bond motifs is 1. The maximum absolute atomic E-state index is 12.7. The van der Waals surface area contributed by atoms with Crippen molar-refractivity contribution in [3.8, 4) is 0 Å². The largest absolute Gasteiger partial charge is 0.478 e. The molecule has 1 fully saturated rings. The molecule has 0 aliphatic carbocycles. The van der Waals surface area contributed by atoms with Crippen LogP contribution in [-0.2, 0) is 33.8 Å². The number of hydrogen-bond acceptors (Lipinski definition) is 5. The van der Waals surface area contributed by atoms with Crippen LogP contribution in [0.15, 0.2) is 66.9 Å². The van der Waals surface area contributed by atoms with Crippen molar-refractivity contribution in [2.24, 2.45) is 5.73 Å². The number of carboxylic acid groups (broad SMARTS) is 2. The van der Waals surface area contributed by atoms with Crippen LogP contribution in [-0.4, -0.2) is 56.6 Å². The number of benzene rings is 2. The summed E-state index contributed by atoms with van der Waals surface area (Å²) in [6.07, 6.45) is 5.25. The Morgan fingerprint density at radius 1 is 0.972 bits per heavy atom. The molecular formula is C26H28N4O6. The van der Waals surface area contributed by atoms with E-state index >= 15 is 0 Å².